The molecule has 2 aromatic rings. The second-order valence-electron chi connectivity index (χ2n) is 3.95. The fourth-order valence-corrected chi connectivity index (χ4v) is 1.62. The Morgan fingerprint density at radius 3 is 2.84 bits per heavy atom. The minimum Gasteiger partial charge on any atom is -0.467 e. The molecule has 0 aliphatic heterocycles. The van der Waals surface area contributed by atoms with E-state index in [9.17, 15) is 9.59 Å². The molecule has 100 valence electrons. The molecule has 0 aliphatic rings. The zero-order valence-electron chi connectivity index (χ0n) is 10.7. The summed E-state index contributed by atoms with van der Waals surface area (Å²) in [5.74, 6) is -0.517. The summed E-state index contributed by atoms with van der Waals surface area (Å²) in [5.41, 5.74) is 0.922. The summed E-state index contributed by atoms with van der Waals surface area (Å²) in [4.78, 5) is 31.2. The summed E-state index contributed by atoms with van der Waals surface area (Å²) >= 11 is 0. The van der Waals surface area contributed by atoms with E-state index in [0.717, 1.165) is 0 Å². The van der Waals surface area contributed by atoms with Crippen molar-refractivity contribution in [3.63, 3.8) is 0 Å². The van der Waals surface area contributed by atoms with Gasteiger partial charge in [-0.1, -0.05) is 0 Å². The Balaban J connectivity index is 2.26. The summed E-state index contributed by atoms with van der Waals surface area (Å²) in [6, 6.07) is -0.733. The van der Waals surface area contributed by atoms with Gasteiger partial charge in [-0.15, -0.1) is 0 Å². The molecule has 0 bridgehead atoms. The van der Waals surface area contributed by atoms with Crippen molar-refractivity contribution in [2.75, 3.05) is 7.11 Å². The molecule has 0 saturated carbocycles. The number of aryl methyl sites for hydroxylation is 1. The summed E-state index contributed by atoms with van der Waals surface area (Å²) < 4.78 is 6.00. The molecule has 8 heteroatoms. The lowest BCUT2D eigenvalue weighted by Crippen LogP contribution is -2.39. The van der Waals surface area contributed by atoms with Gasteiger partial charge in [-0.25, -0.2) is 14.3 Å². The molecule has 2 aromatic heterocycles. The average Bonchev–Trinajstić information content (AvgIpc) is 2.87. The minimum atomic E-state index is -0.733. The third-order valence-corrected chi connectivity index (χ3v) is 2.69. The number of aromatic nitrogens is 4. The lowest BCUT2D eigenvalue weighted by atomic mass is 10.2. The van der Waals surface area contributed by atoms with Crippen LogP contribution in [0.15, 0.2) is 12.5 Å². The third-order valence-electron chi connectivity index (χ3n) is 2.69. The summed E-state index contributed by atoms with van der Waals surface area (Å²) in [6.07, 6.45) is 2.76. The van der Waals surface area contributed by atoms with Crippen molar-refractivity contribution in [3.05, 3.63) is 23.8 Å². The number of nitrogens with one attached hydrogen (secondary N) is 1. The van der Waals surface area contributed by atoms with Crippen LogP contribution in [0.4, 0.5) is 0 Å². The highest BCUT2D eigenvalue weighted by atomic mass is 16.5. The second-order valence-corrected chi connectivity index (χ2v) is 3.95. The Kier molecular flexibility index (Phi) is 3.41. The van der Waals surface area contributed by atoms with Crippen LogP contribution in [0.25, 0.3) is 5.78 Å². The van der Waals surface area contributed by atoms with E-state index < -0.39 is 17.9 Å². The third kappa shape index (κ3) is 2.37. The smallest absolute Gasteiger partial charge is 0.328 e. The van der Waals surface area contributed by atoms with E-state index >= 15 is 0 Å². The molecule has 2 heterocycles. The molecule has 8 nitrogen and oxygen atoms in total. The van der Waals surface area contributed by atoms with E-state index in [0.29, 0.717) is 17.0 Å². The van der Waals surface area contributed by atoms with E-state index in [1.54, 1.807) is 13.8 Å². The number of ether oxygens (including phenoxy) is 1. The van der Waals surface area contributed by atoms with E-state index in [1.165, 1.54) is 24.1 Å². The predicted molar refractivity (Wildman–Crippen MR) is 64.5 cm³/mol. The van der Waals surface area contributed by atoms with Crippen molar-refractivity contribution in [2.45, 2.75) is 19.9 Å². The molecule has 0 saturated heterocycles. The van der Waals surface area contributed by atoms with Crippen LogP contribution in [0.3, 0.4) is 0 Å². The zero-order chi connectivity index (χ0) is 14.0. The second kappa shape index (κ2) is 5.01. The topological polar surface area (TPSA) is 98.5 Å². The van der Waals surface area contributed by atoms with Gasteiger partial charge in [-0.2, -0.15) is 10.1 Å². The van der Waals surface area contributed by atoms with Crippen LogP contribution >= 0.6 is 0 Å². The lowest BCUT2D eigenvalue weighted by molar-refractivity contribution is -0.142. The Morgan fingerprint density at radius 2 is 2.16 bits per heavy atom. The first-order valence-corrected chi connectivity index (χ1v) is 5.58. The highest BCUT2D eigenvalue weighted by Crippen LogP contribution is 2.07. The van der Waals surface area contributed by atoms with Crippen LogP contribution in [0.5, 0.6) is 0 Å². The Bertz CT molecular complexity index is 636. The zero-order valence-corrected chi connectivity index (χ0v) is 10.7. The number of hydrogen-bond acceptors (Lipinski definition) is 6. The Hall–Kier alpha value is -2.51. The van der Waals surface area contributed by atoms with Crippen molar-refractivity contribution >= 4 is 17.7 Å². The van der Waals surface area contributed by atoms with Gasteiger partial charge in [0, 0.05) is 6.20 Å². The molecule has 1 atom stereocenters. The van der Waals surface area contributed by atoms with Gasteiger partial charge in [0.2, 0.25) is 0 Å². The highest BCUT2D eigenvalue weighted by Gasteiger charge is 2.19. The molecule has 1 N–H and O–H groups in total. The number of amides is 1. The standard InChI is InChI=1S/C11H13N5O3/c1-6(10(18)19-3)15-9(17)8-4-12-11-13-5-14-16(11)7(8)2/h4-6H,1-3H3,(H,15,17). The van der Waals surface area contributed by atoms with Crippen LogP contribution in [0, 0.1) is 6.92 Å². The monoisotopic (exact) mass is 263 g/mol. The molecular formula is C11H13N5O3. The molecule has 0 radical (unpaired) electrons. The van der Waals surface area contributed by atoms with Gasteiger partial charge in [0.25, 0.3) is 11.7 Å². The number of carbonyl (C=O) groups is 2. The van der Waals surface area contributed by atoms with Crippen LogP contribution < -0.4 is 5.32 Å². The van der Waals surface area contributed by atoms with E-state index in [2.05, 4.69) is 25.1 Å². The van der Waals surface area contributed by atoms with Crippen molar-refractivity contribution in [1.82, 2.24) is 24.9 Å². The fraction of sp³-hybridized carbons (Fsp3) is 0.364. The van der Waals surface area contributed by atoms with Crippen molar-refractivity contribution in [2.24, 2.45) is 0 Å². The van der Waals surface area contributed by atoms with Gasteiger partial charge >= 0.3 is 5.97 Å². The number of nitrogens with zero attached hydrogens (tertiary/aromatic N) is 4. The molecular weight excluding hydrogens is 250 g/mol. The normalized spacial score (nSPS) is 12.2. The van der Waals surface area contributed by atoms with Crippen LogP contribution in [0.2, 0.25) is 0 Å². The van der Waals surface area contributed by atoms with Gasteiger partial charge in [-0.3, -0.25) is 4.79 Å². The maximum atomic E-state index is 12.0. The maximum Gasteiger partial charge on any atom is 0.328 e. The van der Waals surface area contributed by atoms with Gasteiger partial charge in [0.15, 0.2) is 0 Å². The van der Waals surface area contributed by atoms with Gasteiger partial charge in [-0.05, 0) is 13.8 Å². The molecule has 2 rings (SSSR count). The summed E-state index contributed by atoms with van der Waals surface area (Å²) in [6.45, 7) is 3.27. The molecule has 0 aromatic carbocycles. The fourth-order valence-electron chi connectivity index (χ4n) is 1.62. The van der Waals surface area contributed by atoms with Crippen molar-refractivity contribution in [1.29, 1.82) is 0 Å². The first-order chi connectivity index (χ1) is 9.04. The van der Waals surface area contributed by atoms with E-state index in [-0.39, 0.29) is 0 Å². The van der Waals surface area contributed by atoms with Crippen LogP contribution in [-0.4, -0.2) is 44.6 Å². The first kappa shape index (κ1) is 12.9. The van der Waals surface area contributed by atoms with Gasteiger partial charge in [0.05, 0.1) is 18.4 Å². The molecule has 1 unspecified atom stereocenters. The van der Waals surface area contributed by atoms with Gasteiger partial charge < -0.3 is 10.1 Å². The molecule has 0 fully saturated rings. The molecule has 0 aliphatic carbocycles. The number of esters is 1. The highest BCUT2D eigenvalue weighted by molar-refractivity contribution is 5.97. The predicted octanol–water partition coefficient (Wildman–Crippen LogP) is -0.276. The first-order valence-electron chi connectivity index (χ1n) is 5.58. The molecule has 0 spiro atoms. The molecule has 19 heavy (non-hydrogen) atoms. The van der Waals surface area contributed by atoms with Crippen LogP contribution in [-0.2, 0) is 9.53 Å². The van der Waals surface area contributed by atoms with Crippen LogP contribution in [0.1, 0.15) is 23.0 Å². The summed E-state index contributed by atoms with van der Waals surface area (Å²) in [5, 5.41) is 6.49. The summed E-state index contributed by atoms with van der Waals surface area (Å²) in [7, 11) is 1.26. The average molecular weight is 263 g/mol. The maximum absolute atomic E-state index is 12.0. The Labute approximate surface area is 108 Å². The number of hydrogen-bond donors (Lipinski definition) is 1. The number of methoxy groups -OCH3 is 1. The number of carbonyl (C=O) groups excluding carboxylic acids is 2. The van der Waals surface area contributed by atoms with Crippen molar-refractivity contribution in [3.8, 4) is 0 Å². The SMILES string of the molecule is COC(=O)C(C)NC(=O)c1cnc2ncnn2c1C. The van der Waals surface area contributed by atoms with Crippen molar-refractivity contribution < 1.29 is 14.3 Å². The number of rotatable bonds is 3. The van der Waals surface area contributed by atoms with Gasteiger partial charge in [0.1, 0.15) is 12.4 Å². The Morgan fingerprint density at radius 1 is 1.42 bits per heavy atom. The minimum absolute atomic E-state index is 0.328. The number of fused-ring (bicyclic) bond motifs is 1. The quantitative estimate of drug-likeness (QED) is 0.765. The largest absolute Gasteiger partial charge is 0.467 e. The van der Waals surface area contributed by atoms with E-state index in [4.69, 9.17) is 0 Å². The molecule has 1 amide bonds. The van der Waals surface area contributed by atoms with E-state index in [1.807, 2.05) is 0 Å². The lowest BCUT2D eigenvalue weighted by Gasteiger charge is -2.12.